The first-order valence-corrected chi connectivity index (χ1v) is 10.2. The van der Waals surface area contributed by atoms with E-state index in [9.17, 15) is 17.2 Å². The zero-order valence-electron chi connectivity index (χ0n) is 15.3. The minimum absolute atomic E-state index is 0.000711. The Morgan fingerprint density at radius 3 is 2.17 bits per heavy atom. The van der Waals surface area contributed by atoms with E-state index in [4.69, 9.17) is 5.11 Å². The second-order valence-electron chi connectivity index (χ2n) is 6.29. The molecule has 0 unspecified atom stereocenters. The van der Waals surface area contributed by atoms with E-state index in [2.05, 4.69) is 15.0 Å². The minimum Gasteiger partial charge on any atom is -0.392 e. The van der Waals surface area contributed by atoms with Gasteiger partial charge in [0.25, 0.3) is 10.0 Å². The van der Waals surface area contributed by atoms with Gasteiger partial charge in [-0.15, -0.1) is 0 Å². The van der Waals surface area contributed by atoms with Gasteiger partial charge in [-0.1, -0.05) is 24.3 Å². The van der Waals surface area contributed by atoms with E-state index < -0.39 is 21.7 Å². The molecule has 3 rings (SSSR count). The molecule has 0 aliphatic heterocycles. The van der Waals surface area contributed by atoms with Crippen molar-refractivity contribution in [1.82, 2.24) is 4.98 Å². The maximum atomic E-state index is 13.2. The predicted molar refractivity (Wildman–Crippen MR) is 106 cm³/mol. The first-order valence-electron chi connectivity index (χ1n) is 8.73. The number of halogens is 2. The molecule has 0 amide bonds. The Bertz CT molecular complexity index is 1050. The lowest BCUT2D eigenvalue weighted by molar-refractivity contribution is 0.282. The van der Waals surface area contributed by atoms with Gasteiger partial charge in [0.05, 0.1) is 12.3 Å². The quantitative estimate of drug-likeness (QED) is 0.521. The van der Waals surface area contributed by atoms with Gasteiger partial charge in [0.15, 0.2) is 0 Å². The van der Waals surface area contributed by atoms with Gasteiger partial charge in [-0.05, 0) is 41.8 Å². The van der Waals surface area contributed by atoms with Crippen LogP contribution in [0.4, 0.5) is 20.3 Å². The van der Waals surface area contributed by atoms with Crippen molar-refractivity contribution in [2.45, 2.75) is 17.9 Å². The SMILES string of the molecule is O=S(=O)(Nc1cc(F)cc(F)c1)c1ccc(NCCc2ccc(CO)cc2)nc1. The highest BCUT2D eigenvalue weighted by atomic mass is 32.2. The Morgan fingerprint density at radius 2 is 1.59 bits per heavy atom. The van der Waals surface area contributed by atoms with Crippen molar-refractivity contribution < 1.29 is 22.3 Å². The van der Waals surface area contributed by atoms with Gasteiger partial charge in [0, 0.05) is 18.8 Å². The molecule has 152 valence electrons. The van der Waals surface area contributed by atoms with Gasteiger partial charge < -0.3 is 10.4 Å². The van der Waals surface area contributed by atoms with Crippen molar-refractivity contribution in [1.29, 1.82) is 0 Å². The van der Waals surface area contributed by atoms with Gasteiger partial charge in [-0.3, -0.25) is 4.72 Å². The van der Waals surface area contributed by atoms with Gasteiger partial charge >= 0.3 is 0 Å². The van der Waals surface area contributed by atoms with E-state index in [1.807, 2.05) is 24.3 Å². The zero-order chi connectivity index (χ0) is 20.9. The standard InChI is InChI=1S/C20H19F2N3O3S/c21-16-9-17(22)11-18(10-16)25-29(27,28)19-5-6-20(24-12-19)23-8-7-14-1-3-15(13-26)4-2-14/h1-6,9-12,25-26H,7-8,13H2,(H,23,24). The van der Waals surface area contributed by atoms with E-state index in [1.54, 1.807) is 0 Å². The third-order valence-electron chi connectivity index (χ3n) is 4.09. The number of nitrogens with zero attached hydrogens (tertiary/aromatic N) is 1. The summed E-state index contributed by atoms with van der Waals surface area (Å²) in [5.74, 6) is -1.27. The third-order valence-corrected chi connectivity index (χ3v) is 5.45. The molecule has 0 fully saturated rings. The van der Waals surface area contributed by atoms with E-state index in [-0.39, 0.29) is 17.2 Å². The number of anilines is 2. The maximum Gasteiger partial charge on any atom is 0.263 e. The fourth-order valence-electron chi connectivity index (χ4n) is 2.62. The van der Waals surface area contributed by atoms with Crippen LogP contribution in [0.15, 0.2) is 65.7 Å². The molecule has 1 heterocycles. The van der Waals surface area contributed by atoms with Gasteiger partial charge in [0.1, 0.15) is 22.3 Å². The molecule has 0 saturated carbocycles. The smallest absolute Gasteiger partial charge is 0.263 e. The van der Waals surface area contributed by atoms with Crippen molar-refractivity contribution in [2.24, 2.45) is 0 Å². The molecule has 2 aromatic carbocycles. The van der Waals surface area contributed by atoms with E-state index in [0.29, 0.717) is 18.4 Å². The van der Waals surface area contributed by atoms with Crippen molar-refractivity contribution in [3.63, 3.8) is 0 Å². The summed E-state index contributed by atoms with van der Waals surface area (Å²) in [6.45, 7) is 0.582. The van der Waals surface area contributed by atoms with Crippen LogP contribution in [0.5, 0.6) is 0 Å². The Hall–Kier alpha value is -3.04. The highest BCUT2D eigenvalue weighted by Gasteiger charge is 2.16. The number of aliphatic hydroxyl groups is 1. The van der Waals surface area contributed by atoms with Crippen LogP contribution in [0.25, 0.3) is 0 Å². The molecule has 6 nitrogen and oxygen atoms in total. The van der Waals surface area contributed by atoms with Crippen molar-refractivity contribution >= 4 is 21.5 Å². The number of nitrogens with one attached hydrogen (secondary N) is 2. The summed E-state index contributed by atoms with van der Waals surface area (Å²) in [7, 11) is -4.03. The summed E-state index contributed by atoms with van der Waals surface area (Å²) in [6, 6.07) is 12.8. The highest BCUT2D eigenvalue weighted by Crippen LogP contribution is 2.19. The summed E-state index contributed by atoms with van der Waals surface area (Å²) in [4.78, 5) is 3.94. The minimum atomic E-state index is -4.03. The zero-order valence-corrected chi connectivity index (χ0v) is 16.1. The average molecular weight is 419 g/mol. The molecule has 29 heavy (non-hydrogen) atoms. The second-order valence-corrected chi connectivity index (χ2v) is 7.98. The van der Waals surface area contributed by atoms with Crippen LogP contribution in [-0.2, 0) is 23.1 Å². The van der Waals surface area contributed by atoms with Crippen LogP contribution >= 0.6 is 0 Å². The maximum absolute atomic E-state index is 13.2. The van der Waals surface area contributed by atoms with Gasteiger partial charge in [-0.2, -0.15) is 0 Å². The lowest BCUT2D eigenvalue weighted by Gasteiger charge is -2.10. The topological polar surface area (TPSA) is 91.3 Å². The number of sulfonamides is 1. The number of hydrogen-bond donors (Lipinski definition) is 3. The van der Waals surface area contributed by atoms with Crippen LogP contribution in [0.2, 0.25) is 0 Å². The first-order chi connectivity index (χ1) is 13.9. The Balaban J connectivity index is 1.59. The summed E-state index contributed by atoms with van der Waals surface area (Å²) >= 11 is 0. The Morgan fingerprint density at radius 1 is 0.931 bits per heavy atom. The molecule has 9 heteroatoms. The van der Waals surface area contributed by atoms with Crippen LogP contribution < -0.4 is 10.0 Å². The summed E-state index contributed by atoms with van der Waals surface area (Å²) in [6.07, 6.45) is 1.89. The number of hydrogen-bond acceptors (Lipinski definition) is 5. The van der Waals surface area contributed by atoms with Gasteiger partial charge in [0.2, 0.25) is 0 Å². The largest absolute Gasteiger partial charge is 0.392 e. The number of aliphatic hydroxyl groups excluding tert-OH is 1. The molecule has 0 bridgehead atoms. The number of pyridine rings is 1. The van der Waals surface area contributed by atoms with Crippen molar-refractivity contribution in [2.75, 3.05) is 16.6 Å². The molecular formula is C20H19F2N3O3S. The molecule has 0 saturated heterocycles. The third kappa shape index (κ3) is 5.72. The van der Waals surface area contributed by atoms with Crippen LogP contribution in [0, 0.1) is 11.6 Å². The molecular weight excluding hydrogens is 400 g/mol. The average Bonchev–Trinajstić information content (AvgIpc) is 2.68. The van der Waals surface area contributed by atoms with Crippen molar-refractivity contribution in [3.8, 4) is 0 Å². The Kier molecular flexibility index (Phi) is 6.40. The van der Waals surface area contributed by atoms with Crippen LogP contribution in [0.3, 0.4) is 0 Å². The molecule has 0 aliphatic carbocycles. The van der Waals surface area contributed by atoms with Gasteiger partial charge in [-0.25, -0.2) is 22.2 Å². The lowest BCUT2D eigenvalue weighted by atomic mass is 10.1. The normalized spacial score (nSPS) is 11.3. The first kappa shape index (κ1) is 20.7. The highest BCUT2D eigenvalue weighted by molar-refractivity contribution is 7.92. The van der Waals surface area contributed by atoms with Crippen LogP contribution in [-0.4, -0.2) is 25.1 Å². The number of aromatic nitrogens is 1. The van der Waals surface area contributed by atoms with Crippen molar-refractivity contribution in [3.05, 3.63) is 83.6 Å². The number of benzene rings is 2. The molecule has 0 aliphatic rings. The molecule has 1 aromatic heterocycles. The molecule has 0 atom stereocenters. The second kappa shape index (κ2) is 8.97. The van der Waals surface area contributed by atoms with E-state index >= 15 is 0 Å². The molecule has 3 N–H and O–H groups in total. The number of rotatable bonds is 8. The molecule has 3 aromatic rings. The summed E-state index contributed by atoms with van der Waals surface area (Å²) in [5.41, 5.74) is 1.71. The summed E-state index contributed by atoms with van der Waals surface area (Å²) < 4.78 is 53.3. The Labute approximate surface area is 167 Å². The lowest BCUT2D eigenvalue weighted by Crippen LogP contribution is -2.14. The predicted octanol–water partition coefficient (Wildman–Crippen LogP) is 3.31. The molecule has 0 radical (unpaired) electrons. The monoisotopic (exact) mass is 419 g/mol. The molecule has 0 spiro atoms. The fraction of sp³-hybridized carbons (Fsp3) is 0.150. The summed E-state index contributed by atoms with van der Waals surface area (Å²) in [5, 5.41) is 12.1. The van der Waals surface area contributed by atoms with E-state index in [1.165, 1.54) is 12.1 Å². The van der Waals surface area contributed by atoms with E-state index in [0.717, 1.165) is 35.9 Å². The van der Waals surface area contributed by atoms with Crippen LogP contribution in [0.1, 0.15) is 11.1 Å². The fourth-order valence-corrected chi connectivity index (χ4v) is 3.60.